The summed E-state index contributed by atoms with van der Waals surface area (Å²) in [7, 11) is 0. The zero-order valence-corrected chi connectivity index (χ0v) is 49.1. The minimum absolute atomic E-state index is 0.170. The highest BCUT2D eigenvalue weighted by Crippen LogP contribution is 2.50. The molecule has 5 nitrogen and oxygen atoms in total. The molecule has 12 aromatic rings. The van der Waals surface area contributed by atoms with Crippen molar-refractivity contribution in [1.29, 1.82) is 15.8 Å². The minimum Gasteiger partial charge on any atom is -0.308 e. The number of alkyl halides is 24. The molecule has 0 spiro atoms. The number of benzene rings is 10. The molecule has 0 saturated carbocycles. The summed E-state index contributed by atoms with van der Waals surface area (Å²) in [5, 5.41) is 31.0. The summed E-state index contributed by atoms with van der Waals surface area (Å²) in [4.78, 5) is 0. The van der Waals surface area contributed by atoms with E-state index in [0.717, 1.165) is 91.0 Å². The van der Waals surface area contributed by atoms with Crippen LogP contribution in [0.1, 0.15) is 61.2 Å². The number of aromatic nitrogens is 2. The minimum atomic E-state index is -5.41. The molecule has 12 rings (SSSR count). The van der Waals surface area contributed by atoms with Gasteiger partial charge in [0.2, 0.25) is 0 Å². The third kappa shape index (κ3) is 12.8. The average molecular weight is 1410 g/mol. The average Bonchev–Trinajstić information content (AvgIpc) is 1.54. The maximum atomic E-state index is 14.4. The first kappa shape index (κ1) is 68.5. The zero-order chi connectivity index (χ0) is 72.7. The van der Waals surface area contributed by atoms with Gasteiger partial charge in [-0.05, 0) is 202 Å². The van der Waals surface area contributed by atoms with E-state index in [2.05, 4.69) is 0 Å². The molecule has 0 N–H and O–H groups in total. The van der Waals surface area contributed by atoms with Crippen molar-refractivity contribution in [2.24, 2.45) is 0 Å². The second-order valence-corrected chi connectivity index (χ2v) is 22.8. The SMILES string of the molecule is N#Cc1cc(C#N)cc(-c2c(-n3c4ccc(-c5cc(C(F)(F)F)cc(C(F)(F)F)c5)cc4c4cc(-c5cc(C(F)(F)F)cc(C(F)(F)F)c5)ccc43)cc(C#N)cc2-n2c3ccc(-c4cc(C(F)(F)F)cc(C(F)(F)F)c4)cc3c3cc(-c4cc(C(F)(F)F)cc(C(F)(F)F)c4)ccc32)c1. The fourth-order valence-electron chi connectivity index (χ4n) is 12.0. The first-order chi connectivity index (χ1) is 46.4. The second-order valence-electron chi connectivity index (χ2n) is 22.8. The zero-order valence-electron chi connectivity index (χ0n) is 49.1. The van der Waals surface area contributed by atoms with Crippen LogP contribution >= 0.6 is 0 Å². The maximum absolute atomic E-state index is 14.4. The van der Waals surface area contributed by atoms with Crippen molar-refractivity contribution in [3.8, 4) is 85.2 Å². The molecule has 506 valence electrons. The van der Waals surface area contributed by atoms with Crippen LogP contribution in [0.15, 0.2) is 176 Å². The molecule has 2 aromatic heterocycles. The van der Waals surface area contributed by atoms with Gasteiger partial charge in [0, 0.05) is 27.1 Å². The highest BCUT2D eigenvalue weighted by Gasteiger charge is 2.42. The fourth-order valence-corrected chi connectivity index (χ4v) is 12.0. The van der Waals surface area contributed by atoms with E-state index in [-0.39, 0.29) is 102 Å². The Balaban J connectivity index is 1.24. The van der Waals surface area contributed by atoms with Crippen molar-refractivity contribution in [3.05, 3.63) is 237 Å². The number of halogens is 24. The summed E-state index contributed by atoms with van der Waals surface area (Å²) < 4.78 is 349. The Morgan fingerprint density at radius 3 is 0.600 bits per heavy atom. The van der Waals surface area contributed by atoms with Gasteiger partial charge in [0.25, 0.3) is 0 Å². The number of fused-ring (bicyclic) bond motifs is 6. The highest BCUT2D eigenvalue weighted by molar-refractivity contribution is 6.14. The molecule has 0 unspecified atom stereocenters. The summed E-state index contributed by atoms with van der Waals surface area (Å²) in [5.74, 6) is 0. The Morgan fingerprint density at radius 1 is 0.210 bits per heavy atom. The van der Waals surface area contributed by atoms with Crippen LogP contribution in [0.5, 0.6) is 0 Å². The van der Waals surface area contributed by atoms with E-state index < -0.39 is 144 Å². The molecule has 29 heteroatoms. The molecular formula is C71H29F24N5. The van der Waals surface area contributed by atoms with Crippen LogP contribution in [0.3, 0.4) is 0 Å². The summed E-state index contributed by atoms with van der Waals surface area (Å²) >= 11 is 0. The van der Waals surface area contributed by atoms with Gasteiger partial charge in [-0.25, -0.2) is 0 Å². The summed E-state index contributed by atoms with van der Waals surface area (Å²) in [5.41, 5.74) is -21.5. The van der Waals surface area contributed by atoms with Crippen LogP contribution in [0, 0.1) is 34.0 Å². The normalized spacial score (nSPS) is 13.0. The predicted octanol–water partition coefficient (Wildman–Crippen LogP) is 24.0. The molecule has 0 aliphatic carbocycles. The lowest BCUT2D eigenvalue weighted by Gasteiger charge is -2.21. The fraction of sp³-hybridized carbons (Fsp3) is 0.113. The van der Waals surface area contributed by atoms with Crippen molar-refractivity contribution in [3.63, 3.8) is 0 Å². The van der Waals surface area contributed by atoms with E-state index in [1.165, 1.54) is 21.3 Å². The summed E-state index contributed by atoms with van der Waals surface area (Å²) in [6.45, 7) is 0. The third-order valence-electron chi connectivity index (χ3n) is 16.4. The number of hydrogen-bond donors (Lipinski definition) is 0. The van der Waals surface area contributed by atoms with E-state index in [1.54, 1.807) is 0 Å². The van der Waals surface area contributed by atoms with Crippen LogP contribution in [-0.4, -0.2) is 9.13 Å². The lowest BCUT2D eigenvalue weighted by atomic mass is 9.95. The number of rotatable bonds is 7. The monoisotopic (exact) mass is 1410 g/mol. The van der Waals surface area contributed by atoms with Crippen LogP contribution < -0.4 is 0 Å². The molecule has 0 aliphatic rings. The van der Waals surface area contributed by atoms with Crippen LogP contribution in [0.4, 0.5) is 105 Å². The van der Waals surface area contributed by atoms with Crippen LogP contribution in [-0.2, 0) is 49.4 Å². The van der Waals surface area contributed by atoms with E-state index in [0.29, 0.717) is 48.5 Å². The molecule has 0 bridgehead atoms. The maximum Gasteiger partial charge on any atom is 0.416 e. The highest BCUT2D eigenvalue weighted by atomic mass is 19.4. The van der Waals surface area contributed by atoms with Gasteiger partial charge in [0.05, 0.1) is 113 Å². The van der Waals surface area contributed by atoms with Gasteiger partial charge in [-0.2, -0.15) is 121 Å². The molecule has 0 radical (unpaired) electrons. The van der Waals surface area contributed by atoms with Gasteiger partial charge in [-0.3, -0.25) is 0 Å². The topological polar surface area (TPSA) is 81.2 Å². The second kappa shape index (κ2) is 23.4. The van der Waals surface area contributed by atoms with Crippen molar-refractivity contribution < 1.29 is 105 Å². The summed E-state index contributed by atoms with van der Waals surface area (Å²) in [6.07, 6.45) is -43.3. The molecule has 0 saturated heterocycles. The predicted molar refractivity (Wildman–Crippen MR) is 316 cm³/mol. The van der Waals surface area contributed by atoms with E-state index >= 15 is 0 Å². The molecular weight excluding hydrogens is 1380 g/mol. The van der Waals surface area contributed by atoms with E-state index in [9.17, 15) is 121 Å². The first-order valence-electron chi connectivity index (χ1n) is 28.3. The Bertz CT molecular complexity index is 4810. The van der Waals surface area contributed by atoms with Gasteiger partial charge in [0.1, 0.15) is 0 Å². The molecule has 10 aromatic carbocycles. The molecule has 0 aliphatic heterocycles. The number of nitrogens with zero attached hydrogens (tertiary/aromatic N) is 5. The Morgan fingerprint density at radius 2 is 0.410 bits per heavy atom. The van der Waals surface area contributed by atoms with Gasteiger partial charge >= 0.3 is 49.4 Å². The van der Waals surface area contributed by atoms with Crippen molar-refractivity contribution in [2.45, 2.75) is 49.4 Å². The molecule has 2 heterocycles. The smallest absolute Gasteiger partial charge is 0.308 e. The van der Waals surface area contributed by atoms with Gasteiger partial charge < -0.3 is 9.13 Å². The van der Waals surface area contributed by atoms with Crippen LogP contribution in [0.2, 0.25) is 0 Å². The van der Waals surface area contributed by atoms with Gasteiger partial charge in [-0.1, -0.05) is 24.3 Å². The van der Waals surface area contributed by atoms with Gasteiger partial charge in [0.15, 0.2) is 0 Å². The first-order valence-corrected chi connectivity index (χ1v) is 28.3. The van der Waals surface area contributed by atoms with Gasteiger partial charge in [-0.15, -0.1) is 0 Å². The Labute approximate surface area is 544 Å². The molecule has 0 atom stereocenters. The van der Waals surface area contributed by atoms with Crippen molar-refractivity contribution in [2.75, 3.05) is 0 Å². The van der Waals surface area contributed by atoms with E-state index in [1.807, 2.05) is 18.2 Å². The Hall–Kier alpha value is -11.4. The molecule has 100 heavy (non-hydrogen) atoms. The summed E-state index contributed by atoms with van der Waals surface area (Å²) in [6, 6.07) is 26.3. The molecule has 0 amide bonds. The quantitative estimate of drug-likeness (QED) is 0.149. The third-order valence-corrected chi connectivity index (χ3v) is 16.4. The van der Waals surface area contributed by atoms with E-state index in [4.69, 9.17) is 0 Å². The molecule has 0 fully saturated rings. The lowest BCUT2D eigenvalue weighted by molar-refractivity contribution is -0.144. The number of nitriles is 3. The standard InChI is InChI=1S/C71H29F24N5/c72-64(73,74)45-14-40(15-46(26-45)65(75,76)77)36-1-5-57-53(22-36)54-23-37(41-16-47(66(78,79)80)27-48(17-41)67(81,82)83)2-6-58(54)99(57)61-12-35(32-98)13-62(63(61)44-10-33(30-96)9-34(11-44)31-97)100-59-7-3-38(42-18-49(68(84,85)86)28-50(19-42)69(87,88)89)24-55(59)56-25-39(4-8-60(56)100)43-20-51(70(90,91)92)29-52(21-43)71(93,94)95/h1-29H. The largest absolute Gasteiger partial charge is 0.416 e. The van der Waals surface area contributed by atoms with Crippen molar-refractivity contribution >= 4 is 43.6 Å². The number of hydrogen-bond acceptors (Lipinski definition) is 3. The van der Waals surface area contributed by atoms with Crippen LogP contribution in [0.25, 0.3) is 111 Å². The van der Waals surface area contributed by atoms with Crippen molar-refractivity contribution in [1.82, 2.24) is 9.13 Å². The Kier molecular flexibility index (Phi) is 16.0. The lowest BCUT2D eigenvalue weighted by Crippen LogP contribution is -2.11.